The smallest absolute Gasteiger partial charge is 0.150 e. The minimum absolute atomic E-state index is 0.330. The molecule has 0 aromatic rings. The fourth-order valence-electron chi connectivity index (χ4n) is 2.66. The van der Waals surface area contributed by atoms with Crippen LogP contribution in [0.2, 0.25) is 0 Å². The summed E-state index contributed by atoms with van der Waals surface area (Å²) < 4.78 is 22.6. The molecule has 0 spiro atoms. The van der Waals surface area contributed by atoms with Crippen molar-refractivity contribution in [2.75, 3.05) is 11.5 Å². The highest BCUT2D eigenvalue weighted by Crippen LogP contribution is 2.34. The summed E-state index contributed by atoms with van der Waals surface area (Å²) in [5.74, 6) is 7.29. The standard InChI is InChI=1S/C10H20N2O2S/c11-12-10(9-2-1-3-9)6-8-4-5-15(13,14)7-8/h8-10,12H,1-7,11H2. The van der Waals surface area contributed by atoms with Gasteiger partial charge in [-0.05, 0) is 37.5 Å². The van der Waals surface area contributed by atoms with Crippen molar-refractivity contribution >= 4 is 9.84 Å². The average molecular weight is 232 g/mol. The molecule has 0 aromatic heterocycles. The molecule has 0 radical (unpaired) electrons. The van der Waals surface area contributed by atoms with Crippen LogP contribution < -0.4 is 11.3 Å². The lowest BCUT2D eigenvalue weighted by molar-refractivity contribution is 0.204. The zero-order valence-corrected chi connectivity index (χ0v) is 9.80. The third kappa shape index (κ3) is 2.71. The van der Waals surface area contributed by atoms with E-state index in [1.807, 2.05) is 0 Å². The van der Waals surface area contributed by atoms with Crippen LogP contribution in [0, 0.1) is 11.8 Å². The Bertz CT molecular complexity index is 311. The third-order valence-corrected chi connectivity index (χ3v) is 5.68. The Labute approximate surface area is 91.5 Å². The summed E-state index contributed by atoms with van der Waals surface area (Å²) in [5.41, 5.74) is 2.86. The molecule has 3 N–H and O–H groups in total. The van der Waals surface area contributed by atoms with Gasteiger partial charge in [-0.25, -0.2) is 8.42 Å². The van der Waals surface area contributed by atoms with Gasteiger partial charge < -0.3 is 0 Å². The normalized spacial score (nSPS) is 32.5. The number of rotatable bonds is 4. The van der Waals surface area contributed by atoms with Gasteiger partial charge in [-0.1, -0.05) is 6.42 Å². The maximum atomic E-state index is 11.3. The topological polar surface area (TPSA) is 72.2 Å². The van der Waals surface area contributed by atoms with Gasteiger partial charge in [-0.3, -0.25) is 11.3 Å². The lowest BCUT2D eigenvalue weighted by Crippen LogP contribution is -2.44. The molecule has 1 aliphatic carbocycles. The summed E-state index contributed by atoms with van der Waals surface area (Å²) in [6, 6.07) is 0.331. The van der Waals surface area contributed by atoms with E-state index in [0.717, 1.165) is 12.8 Å². The van der Waals surface area contributed by atoms with E-state index >= 15 is 0 Å². The van der Waals surface area contributed by atoms with Crippen LogP contribution in [0.15, 0.2) is 0 Å². The summed E-state index contributed by atoms with van der Waals surface area (Å²) in [4.78, 5) is 0. The highest BCUT2D eigenvalue weighted by molar-refractivity contribution is 7.91. The first-order valence-corrected chi connectivity index (χ1v) is 7.59. The molecule has 2 unspecified atom stereocenters. The fourth-order valence-corrected chi connectivity index (χ4v) is 4.54. The van der Waals surface area contributed by atoms with E-state index in [1.54, 1.807) is 0 Å². The van der Waals surface area contributed by atoms with Gasteiger partial charge in [0.25, 0.3) is 0 Å². The van der Waals surface area contributed by atoms with Crippen LogP contribution in [0.3, 0.4) is 0 Å². The predicted octanol–water partition coefficient (Wildman–Crippen LogP) is 0.443. The van der Waals surface area contributed by atoms with Crippen LogP contribution in [-0.4, -0.2) is 26.0 Å². The lowest BCUT2D eigenvalue weighted by atomic mass is 9.77. The number of hydrogen-bond acceptors (Lipinski definition) is 4. The quantitative estimate of drug-likeness (QED) is 0.545. The van der Waals surface area contributed by atoms with Crippen LogP contribution in [0.4, 0.5) is 0 Å². The summed E-state index contributed by atoms with van der Waals surface area (Å²) in [7, 11) is -2.73. The van der Waals surface area contributed by atoms with E-state index in [0.29, 0.717) is 29.4 Å². The molecular formula is C10H20N2O2S. The Morgan fingerprint density at radius 1 is 1.33 bits per heavy atom. The molecule has 2 atom stereocenters. The van der Waals surface area contributed by atoms with E-state index in [4.69, 9.17) is 5.84 Å². The van der Waals surface area contributed by atoms with Crippen molar-refractivity contribution in [3.63, 3.8) is 0 Å². The minimum atomic E-state index is -2.73. The largest absolute Gasteiger partial charge is 0.271 e. The summed E-state index contributed by atoms with van der Waals surface area (Å²) in [6.45, 7) is 0. The van der Waals surface area contributed by atoms with Crippen molar-refractivity contribution in [2.24, 2.45) is 17.7 Å². The number of nitrogens with one attached hydrogen (secondary N) is 1. The Morgan fingerprint density at radius 3 is 2.47 bits per heavy atom. The molecular weight excluding hydrogens is 212 g/mol. The molecule has 88 valence electrons. The van der Waals surface area contributed by atoms with Crippen molar-refractivity contribution in [2.45, 2.75) is 38.1 Å². The van der Waals surface area contributed by atoms with Gasteiger partial charge in [0.2, 0.25) is 0 Å². The average Bonchev–Trinajstić information content (AvgIpc) is 2.41. The molecule has 1 heterocycles. The van der Waals surface area contributed by atoms with Crippen LogP contribution in [0.25, 0.3) is 0 Å². The molecule has 1 saturated carbocycles. The van der Waals surface area contributed by atoms with Gasteiger partial charge in [-0.2, -0.15) is 0 Å². The van der Waals surface area contributed by atoms with Crippen molar-refractivity contribution in [1.29, 1.82) is 0 Å². The molecule has 0 amide bonds. The maximum absolute atomic E-state index is 11.3. The molecule has 4 nitrogen and oxygen atoms in total. The van der Waals surface area contributed by atoms with E-state index in [9.17, 15) is 8.42 Å². The van der Waals surface area contributed by atoms with E-state index in [1.165, 1.54) is 19.3 Å². The highest BCUT2D eigenvalue weighted by atomic mass is 32.2. The van der Waals surface area contributed by atoms with Gasteiger partial charge in [0.15, 0.2) is 9.84 Å². The highest BCUT2D eigenvalue weighted by Gasteiger charge is 2.33. The number of nitrogens with two attached hydrogens (primary N) is 1. The lowest BCUT2D eigenvalue weighted by Gasteiger charge is -2.34. The third-order valence-electron chi connectivity index (χ3n) is 3.85. The van der Waals surface area contributed by atoms with Crippen LogP contribution >= 0.6 is 0 Å². The molecule has 5 heteroatoms. The van der Waals surface area contributed by atoms with Crippen molar-refractivity contribution in [3.05, 3.63) is 0 Å². The minimum Gasteiger partial charge on any atom is -0.271 e. The van der Waals surface area contributed by atoms with E-state index < -0.39 is 9.84 Å². The fraction of sp³-hybridized carbons (Fsp3) is 1.00. The summed E-state index contributed by atoms with van der Waals surface area (Å²) in [5, 5.41) is 0. The summed E-state index contributed by atoms with van der Waals surface area (Å²) in [6.07, 6.45) is 5.54. The molecule has 0 bridgehead atoms. The van der Waals surface area contributed by atoms with Gasteiger partial charge >= 0.3 is 0 Å². The molecule has 1 saturated heterocycles. The van der Waals surface area contributed by atoms with Crippen LogP contribution in [0.5, 0.6) is 0 Å². The molecule has 2 aliphatic rings. The molecule has 2 rings (SSSR count). The van der Waals surface area contributed by atoms with Crippen LogP contribution in [-0.2, 0) is 9.84 Å². The van der Waals surface area contributed by atoms with Gasteiger partial charge in [-0.15, -0.1) is 0 Å². The zero-order valence-electron chi connectivity index (χ0n) is 8.98. The van der Waals surface area contributed by atoms with Crippen molar-refractivity contribution < 1.29 is 8.42 Å². The molecule has 0 aromatic carbocycles. The molecule has 2 fully saturated rings. The maximum Gasteiger partial charge on any atom is 0.150 e. The number of sulfone groups is 1. The second-order valence-corrected chi connectivity index (χ2v) is 7.20. The van der Waals surface area contributed by atoms with Gasteiger partial charge in [0, 0.05) is 6.04 Å². The van der Waals surface area contributed by atoms with E-state index in [2.05, 4.69) is 5.43 Å². The number of hydrazine groups is 1. The Kier molecular flexibility index (Phi) is 3.33. The predicted molar refractivity (Wildman–Crippen MR) is 59.8 cm³/mol. The first-order valence-electron chi connectivity index (χ1n) is 5.77. The molecule has 1 aliphatic heterocycles. The van der Waals surface area contributed by atoms with E-state index in [-0.39, 0.29) is 0 Å². The van der Waals surface area contributed by atoms with Crippen molar-refractivity contribution in [3.8, 4) is 0 Å². The second kappa shape index (κ2) is 4.39. The Hall–Kier alpha value is -0.130. The number of hydrogen-bond donors (Lipinski definition) is 2. The SMILES string of the molecule is NNC(CC1CCS(=O)(=O)C1)C1CCC1. The Morgan fingerprint density at radius 2 is 2.07 bits per heavy atom. The first kappa shape index (κ1) is 11.4. The summed E-state index contributed by atoms with van der Waals surface area (Å²) >= 11 is 0. The Balaban J connectivity index is 1.85. The first-order chi connectivity index (χ1) is 7.11. The zero-order chi connectivity index (χ0) is 10.9. The monoisotopic (exact) mass is 232 g/mol. The molecule has 15 heavy (non-hydrogen) atoms. The van der Waals surface area contributed by atoms with Gasteiger partial charge in [0.1, 0.15) is 0 Å². The van der Waals surface area contributed by atoms with Crippen molar-refractivity contribution in [1.82, 2.24) is 5.43 Å². The van der Waals surface area contributed by atoms with Crippen LogP contribution in [0.1, 0.15) is 32.1 Å². The second-order valence-electron chi connectivity index (χ2n) is 4.97. The van der Waals surface area contributed by atoms with Gasteiger partial charge in [0.05, 0.1) is 11.5 Å².